The maximum Gasteiger partial charge on any atom is 0.257 e. The molecule has 1 aliphatic rings. The van der Waals surface area contributed by atoms with Gasteiger partial charge in [-0.2, -0.15) is 0 Å². The van der Waals surface area contributed by atoms with E-state index in [1.54, 1.807) is 30.4 Å². The molecule has 1 atom stereocenters. The third kappa shape index (κ3) is 4.42. The van der Waals surface area contributed by atoms with Crippen LogP contribution < -0.4 is 16.4 Å². The van der Waals surface area contributed by atoms with Crippen molar-refractivity contribution in [2.24, 2.45) is 5.73 Å². The van der Waals surface area contributed by atoms with Crippen molar-refractivity contribution in [2.45, 2.75) is 13.0 Å². The minimum atomic E-state index is -0.556. The lowest BCUT2D eigenvalue weighted by Gasteiger charge is -2.27. The van der Waals surface area contributed by atoms with Gasteiger partial charge in [0.25, 0.3) is 11.8 Å². The normalized spacial score (nSPS) is 14.1. The molecule has 9 heteroatoms. The Hall–Kier alpha value is -4.24. The molecule has 1 unspecified atom stereocenters. The monoisotopic (exact) mass is 429 g/mol. The van der Waals surface area contributed by atoms with Crippen LogP contribution in [-0.4, -0.2) is 33.4 Å². The standard InChI is InChI=1S/C23H21N6O3/c1-14(27-22-19-9-3-8-18(21(24)30)20(19)25-13-26-22)15-5-2-7-17(11-15)28-23(31)16-6-4-10-29(32)12-16/h2-9,11-14H,10H2,1H3,(H2,24,30)(H,28,31)(H,25,26,27)/q-1. The van der Waals surface area contributed by atoms with Crippen LogP contribution in [-0.2, 0) is 4.79 Å². The first-order chi connectivity index (χ1) is 15.4. The topological polar surface area (TPSA) is 136 Å². The van der Waals surface area contributed by atoms with Crippen molar-refractivity contribution < 1.29 is 9.59 Å². The van der Waals surface area contributed by atoms with E-state index in [-0.39, 0.29) is 18.5 Å². The summed E-state index contributed by atoms with van der Waals surface area (Å²) in [6, 6.07) is 12.4. The zero-order valence-electron chi connectivity index (χ0n) is 17.3. The Labute approximate surface area is 184 Å². The number of hydroxylamine groups is 2. The number of carbonyl (C=O) groups excluding carboxylic acids is 2. The van der Waals surface area contributed by atoms with Crippen molar-refractivity contribution in [3.8, 4) is 0 Å². The van der Waals surface area contributed by atoms with E-state index in [2.05, 4.69) is 20.6 Å². The number of para-hydroxylation sites is 1. The van der Waals surface area contributed by atoms with E-state index in [1.165, 1.54) is 12.5 Å². The number of benzene rings is 2. The van der Waals surface area contributed by atoms with Crippen LogP contribution in [0.1, 0.15) is 28.9 Å². The molecule has 0 spiro atoms. The summed E-state index contributed by atoms with van der Waals surface area (Å²) >= 11 is 0. The summed E-state index contributed by atoms with van der Waals surface area (Å²) in [6.45, 7) is 2.18. The van der Waals surface area contributed by atoms with Gasteiger partial charge >= 0.3 is 0 Å². The summed E-state index contributed by atoms with van der Waals surface area (Å²) < 4.78 is 0. The lowest BCUT2D eigenvalue weighted by molar-refractivity contribution is -0.112. The van der Waals surface area contributed by atoms with Crippen LogP contribution in [0, 0.1) is 5.21 Å². The van der Waals surface area contributed by atoms with E-state index < -0.39 is 5.91 Å². The van der Waals surface area contributed by atoms with Gasteiger partial charge in [0.2, 0.25) is 0 Å². The number of nitrogens with two attached hydrogens (primary N) is 1. The van der Waals surface area contributed by atoms with Gasteiger partial charge in [-0.1, -0.05) is 30.4 Å². The van der Waals surface area contributed by atoms with Gasteiger partial charge in [0.15, 0.2) is 0 Å². The van der Waals surface area contributed by atoms with Crippen molar-refractivity contribution in [1.82, 2.24) is 15.0 Å². The first kappa shape index (κ1) is 21.0. The second-order valence-electron chi connectivity index (χ2n) is 7.32. The number of rotatable bonds is 6. The minimum Gasteiger partial charge on any atom is -0.758 e. The number of amides is 2. The quantitative estimate of drug-likeness (QED) is 0.548. The van der Waals surface area contributed by atoms with Crippen LogP contribution in [0.5, 0.6) is 0 Å². The van der Waals surface area contributed by atoms with E-state index in [0.717, 1.165) is 5.56 Å². The molecule has 2 aromatic carbocycles. The highest BCUT2D eigenvalue weighted by atomic mass is 16.5. The summed E-state index contributed by atoms with van der Waals surface area (Å²) in [7, 11) is 0. The summed E-state index contributed by atoms with van der Waals surface area (Å²) in [4.78, 5) is 32.7. The zero-order valence-corrected chi connectivity index (χ0v) is 17.3. The van der Waals surface area contributed by atoms with Crippen LogP contribution in [0.2, 0.25) is 0 Å². The fraction of sp³-hybridized carbons (Fsp3) is 0.130. The van der Waals surface area contributed by atoms with Crippen LogP contribution in [0.25, 0.3) is 10.9 Å². The lowest BCUT2D eigenvalue weighted by atomic mass is 10.1. The fourth-order valence-electron chi connectivity index (χ4n) is 3.45. The lowest BCUT2D eigenvalue weighted by Crippen LogP contribution is -2.20. The molecule has 0 radical (unpaired) electrons. The molecule has 0 bridgehead atoms. The van der Waals surface area contributed by atoms with Gasteiger partial charge in [-0.15, -0.1) is 0 Å². The molecule has 0 saturated carbocycles. The fourth-order valence-corrected chi connectivity index (χ4v) is 3.45. The molecule has 4 rings (SSSR count). The molecule has 1 aromatic heterocycles. The van der Waals surface area contributed by atoms with Gasteiger partial charge in [-0.3, -0.25) is 9.59 Å². The largest absolute Gasteiger partial charge is 0.758 e. The van der Waals surface area contributed by atoms with Crippen LogP contribution in [0.3, 0.4) is 0 Å². The number of fused-ring (bicyclic) bond motifs is 1. The number of primary amides is 1. The van der Waals surface area contributed by atoms with Crippen LogP contribution >= 0.6 is 0 Å². The highest BCUT2D eigenvalue weighted by molar-refractivity contribution is 6.07. The van der Waals surface area contributed by atoms with E-state index >= 15 is 0 Å². The molecule has 4 N–H and O–H groups in total. The number of nitrogens with zero attached hydrogens (tertiary/aromatic N) is 3. The zero-order chi connectivity index (χ0) is 22.7. The van der Waals surface area contributed by atoms with Crippen LogP contribution in [0.4, 0.5) is 11.5 Å². The van der Waals surface area contributed by atoms with Gasteiger partial charge in [-0.25, -0.2) is 9.97 Å². The molecule has 0 aliphatic carbocycles. The Bertz CT molecular complexity index is 1250. The number of nitrogens with one attached hydrogen (secondary N) is 2. The second-order valence-corrected chi connectivity index (χ2v) is 7.32. The molecule has 32 heavy (non-hydrogen) atoms. The summed E-state index contributed by atoms with van der Waals surface area (Å²) in [6.07, 6.45) is 5.91. The van der Waals surface area contributed by atoms with Crippen molar-refractivity contribution >= 4 is 34.2 Å². The molecule has 0 fully saturated rings. The predicted molar refractivity (Wildman–Crippen MR) is 122 cm³/mol. The summed E-state index contributed by atoms with van der Waals surface area (Å²) in [5.41, 5.74) is 8.06. The van der Waals surface area contributed by atoms with Gasteiger partial charge in [0.1, 0.15) is 12.1 Å². The molecule has 2 heterocycles. The Balaban J connectivity index is 1.54. The third-order valence-corrected chi connectivity index (χ3v) is 5.06. The highest BCUT2D eigenvalue weighted by Gasteiger charge is 2.15. The smallest absolute Gasteiger partial charge is 0.257 e. The molecule has 162 valence electrons. The van der Waals surface area contributed by atoms with Crippen molar-refractivity contribution in [1.29, 1.82) is 0 Å². The van der Waals surface area contributed by atoms with Crippen molar-refractivity contribution in [3.05, 3.63) is 89.1 Å². The number of anilines is 2. The van der Waals surface area contributed by atoms with E-state index in [9.17, 15) is 14.8 Å². The highest BCUT2D eigenvalue weighted by Crippen LogP contribution is 2.27. The molecular formula is C23H21N6O3-. The van der Waals surface area contributed by atoms with Gasteiger partial charge in [0, 0.05) is 23.8 Å². The SMILES string of the molecule is CC(Nc1ncnc2c(C(N)=O)cccc12)c1cccc(NC(=O)C2=CN([O-])CC=C2)c1. The Morgan fingerprint density at radius 1 is 1.19 bits per heavy atom. The number of hydrogen-bond acceptors (Lipinski definition) is 7. The molecule has 2 amide bonds. The Kier molecular flexibility index (Phi) is 5.82. The summed E-state index contributed by atoms with van der Waals surface area (Å²) in [5.74, 6) is -0.354. The van der Waals surface area contributed by atoms with Crippen molar-refractivity contribution in [3.63, 3.8) is 0 Å². The Morgan fingerprint density at radius 3 is 2.78 bits per heavy atom. The predicted octanol–water partition coefficient (Wildman–Crippen LogP) is 3.09. The molecule has 3 aromatic rings. The maximum absolute atomic E-state index is 12.5. The number of hydrogen-bond donors (Lipinski definition) is 3. The van der Waals surface area contributed by atoms with Gasteiger partial charge < -0.3 is 26.6 Å². The maximum atomic E-state index is 12.5. The van der Waals surface area contributed by atoms with E-state index in [4.69, 9.17) is 5.73 Å². The second kappa shape index (κ2) is 8.86. The van der Waals surface area contributed by atoms with Crippen molar-refractivity contribution in [2.75, 3.05) is 17.2 Å². The number of carbonyl (C=O) groups is 2. The van der Waals surface area contributed by atoms with E-state index in [1.807, 2.05) is 31.2 Å². The average molecular weight is 429 g/mol. The van der Waals surface area contributed by atoms with Gasteiger partial charge in [-0.05, 0) is 36.8 Å². The third-order valence-electron chi connectivity index (χ3n) is 5.06. The molecule has 1 aliphatic heterocycles. The van der Waals surface area contributed by atoms with Crippen LogP contribution in [0.15, 0.2) is 72.7 Å². The van der Waals surface area contributed by atoms with E-state index in [0.29, 0.717) is 38.6 Å². The minimum absolute atomic E-state index is 0.173. The number of aromatic nitrogens is 2. The first-order valence-corrected chi connectivity index (χ1v) is 9.96. The molecule has 9 nitrogen and oxygen atoms in total. The summed E-state index contributed by atoms with van der Waals surface area (Å²) in [5, 5.41) is 19.0. The molecule has 0 saturated heterocycles. The Morgan fingerprint density at radius 2 is 2.00 bits per heavy atom. The van der Waals surface area contributed by atoms with Gasteiger partial charge in [0.05, 0.1) is 22.7 Å². The first-order valence-electron chi connectivity index (χ1n) is 9.96. The molecular weight excluding hydrogens is 408 g/mol. The average Bonchev–Trinajstić information content (AvgIpc) is 2.79.